The number of likely N-dealkylation sites (N-methyl/N-ethyl adjacent to an activating group) is 1. The number of methoxy groups -OCH3 is 1. The van der Waals surface area contributed by atoms with Gasteiger partial charge in [0, 0.05) is 26.4 Å². The van der Waals surface area contributed by atoms with Crippen LogP contribution in [0, 0.1) is 0 Å². The fourth-order valence-corrected chi connectivity index (χ4v) is 2.80. The minimum atomic E-state index is -3.51. The maximum absolute atomic E-state index is 12.2. The molecule has 0 aliphatic rings. The van der Waals surface area contributed by atoms with Gasteiger partial charge in [0.2, 0.25) is 10.0 Å². The molecule has 0 aliphatic heterocycles. The highest BCUT2D eigenvalue weighted by molar-refractivity contribution is 7.89. The summed E-state index contributed by atoms with van der Waals surface area (Å²) in [6.07, 6.45) is 1.26. The van der Waals surface area contributed by atoms with Crippen molar-refractivity contribution < 1.29 is 13.2 Å². The summed E-state index contributed by atoms with van der Waals surface area (Å²) < 4.78 is 30.6. The van der Waals surface area contributed by atoms with Crippen LogP contribution in [0.5, 0.6) is 0 Å². The predicted molar refractivity (Wildman–Crippen MR) is 65.6 cm³/mol. The van der Waals surface area contributed by atoms with Crippen LogP contribution in [0.4, 0.5) is 0 Å². The normalized spacial score (nSPS) is 12.0. The van der Waals surface area contributed by atoms with Crippen LogP contribution in [0.2, 0.25) is 5.15 Å². The number of rotatable bonds is 6. The maximum Gasteiger partial charge on any atom is 0.244 e. The third kappa shape index (κ3) is 3.64. The first-order valence-electron chi connectivity index (χ1n) is 5.13. The molecule has 17 heavy (non-hydrogen) atoms. The Hall–Kier alpha value is -0.690. The lowest BCUT2D eigenvalue weighted by Crippen LogP contribution is -2.33. The van der Waals surface area contributed by atoms with Crippen molar-refractivity contribution >= 4 is 21.6 Å². The fraction of sp³-hybridized carbons (Fsp3) is 0.500. The van der Waals surface area contributed by atoms with E-state index in [9.17, 15) is 8.42 Å². The molecule has 0 amide bonds. The van der Waals surface area contributed by atoms with Gasteiger partial charge in [-0.15, -0.1) is 0 Å². The van der Waals surface area contributed by atoms with Gasteiger partial charge in [-0.3, -0.25) is 0 Å². The molecule has 0 N–H and O–H groups in total. The molecule has 0 spiro atoms. The minimum Gasteiger partial charge on any atom is -0.383 e. The number of hydrogen-bond acceptors (Lipinski definition) is 4. The van der Waals surface area contributed by atoms with Crippen LogP contribution in [0.1, 0.15) is 6.92 Å². The van der Waals surface area contributed by atoms with E-state index in [4.69, 9.17) is 16.3 Å². The molecule has 0 saturated carbocycles. The molecular weight excluding hydrogens is 264 g/mol. The summed E-state index contributed by atoms with van der Waals surface area (Å²) in [5.74, 6) is 0. The SMILES string of the molecule is CCN(CCOC)S(=O)(=O)c1ccc(Cl)nc1. The number of aromatic nitrogens is 1. The Bertz CT molecular complexity index is 447. The van der Waals surface area contributed by atoms with Crippen molar-refractivity contribution in [2.24, 2.45) is 0 Å². The van der Waals surface area contributed by atoms with Gasteiger partial charge in [-0.1, -0.05) is 18.5 Å². The zero-order valence-electron chi connectivity index (χ0n) is 9.76. The summed E-state index contributed by atoms with van der Waals surface area (Å²) in [6.45, 7) is 2.83. The number of hydrogen-bond donors (Lipinski definition) is 0. The Balaban J connectivity index is 2.95. The zero-order valence-corrected chi connectivity index (χ0v) is 11.3. The van der Waals surface area contributed by atoms with E-state index in [-0.39, 0.29) is 10.0 Å². The highest BCUT2D eigenvalue weighted by atomic mass is 35.5. The lowest BCUT2D eigenvalue weighted by molar-refractivity contribution is 0.180. The van der Waals surface area contributed by atoms with Crippen LogP contribution in [0.3, 0.4) is 0 Å². The fourth-order valence-electron chi connectivity index (χ4n) is 1.31. The van der Waals surface area contributed by atoms with Crippen molar-refractivity contribution in [2.45, 2.75) is 11.8 Å². The molecule has 1 rings (SSSR count). The summed E-state index contributed by atoms with van der Waals surface area (Å²) in [4.78, 5) is 3.91. The van der Waals surface area contributed by atoms with Gasteiger partial charge >= 0.3 is 0 Å². The largest absolute Gasteiger partial charge is 0.383 e. The molecule has 1 aromatic heterocycles. The monoisotopic (exact) mass is 278 g/mol. The summed E-state index contributed by atoms with van der Waals surface area (Å²) in [5.41, 5.74) is 0. The van der Waals surface area contributed by atoms with Gasteiger partial charge in [0.05, 0.1) is 6.61 Å². The Morgan fingerprint density at radius 3 is 2.65 bits per heavy atom. The molecule has 1 aromatic rings. The van der Waals surface area contributed by atoms with E-state index >= 15 is 0 Å². The molecular formula is C10H15ClN2O3S. The number of pyridine rings is 1. The van der Waals surface area contributed by atoms with Crippen molar-refractivity contribution in [3.05, 3.63) is 23.5 Å². The number of sulfonamides is 1. The summed E-state index contributed by atoms with van der Waals surface area (Å²) in [6, 6.07) is 2.90. The highest BCUT2D eigenvalue weighted by Crippen LogP contribution is 2.15. The molecule has 0 atom stereocenters. The highest BCUT2D eigenvalue weighted by Gasteiger charge is 2.22. The lowest BCUT2D eigenvalue weighted by Gasteiger charge is -2.19. The van der Waals surface area contributed by atoms with E-state index in [0.717, 1.165) is 0 Å². The molecule has 0 unspecified atom stereocenters. The van der Waals surface area contributed by atoms with Crippen LogP contribution in [0.25, 0.3) is 0 Å². The van der Waals surface area contributed by atoms with Crippen molar-refractivity contribution in [3.63, 3.8) is 0 Å². The molecule has 0 bridgehead atoms. The average Bonchev–Trinajstić information content (AvgIpc) is 2.30. The zero-order chi connectivity index (χ0) is 12.9. The van der Waals surface area contributed by atoms with Gasteiger partial charge in [0.1, 0.15) is 10.0 Å². The van der Waals surface area contributed by atoms with Crippen LogP contribution < -0.4 is 0 Å². The van der Waals surface area contributed by atoms with Gasteiger partial charge in [-0.25, -0.2) is 13.4 Å². The molecule has 0 saturated heterocycles. The summed E-state index contributed by atoms with van der Waals surface area (Å²) in [5, 5.41) is 0.267. The lowest BCUT2D eigenvalue weighted by atomic mass is 10.5. The Morgan fingerprint density at radius 2 is 2.18 bits per heavy atom. The van der Waals surface area contributed by atoms with Gasteiger partial charge in [0.15, 0.2) is 0 Å². The first-order chi connectivity index (χ1) is 8.02. The maximum atomic E-state index is 12.2. The molecule has 5 nitrogen and oxygen atoms in total. The van der Waals surface area contributed by atoms with E-state index in [1.165, 1.54) is 29.7 Å². The second-order valence-corrected chi connectivity index (χ2v) is 5.63. The third-order valence-electron chi connectivity index (χ3n) is 2.24. The number of halogens is 1. The van der Waals surface area contributed by atoms with Crippen molar-refractivity contribution in [1.82, 2.24) is 9.29 Å². The van der Waals surface area contributed by atoms with Crippen LogP contribution >= 0.6 is 11.6 Å². The Morgan fingerprint density at radius 1 is 1.47 bits per heavy atom. The van der Waals surface area contributed by atoms with Gasteiger partial charge in [-0.2, -0.15) is 4.31 Å². The van der Waals surface area contributed by atoms with Crippen LogP contribution in [-0.4, -0.2) is 44.5 Å². The van der Waals surface area contributed by atoms with E-state index in [0.29, 0.717) is 19.7 Å². The first kappa shape index (κ1) is 14.4. The molecule has 1 heterocycles. The van der Waals surface area contributed by atoms with Gasteiger partial charge < -0.3 is 4.74 Å². The molecule has 0 aliphatic carbocycles. The second-order valence-electron chi connectivity index (χ2n) is 3.31. The van der Waals surface area contributed by atoms with Gasteiger partial charge in [-0.05, 0) is 12.1 Å². The topological polar surface area (TPSA) is 59.5 Å². The molecule has 0 radical (unpaired) electrons. The third-order valence-corrected chi connectivity index (χ3v) is 4.42. The number of ether oxygens (including phenoxy) is 1. The van der Waals surface area contributed by atoms with Gasteiger partial charge in [0.25, 0.3) is 0 Å². The molecule has 7 heteroatoms. The van der Waals surface area contributed by atoms with Crippen LogP contribution in [0.15, 0.2) is 23.2 Å². The van der Waals surface area contributed by atoms with E-state index in [1.54, 1.807) is 6.92 Å². The molecule has 0 aromatic carbocycles. The molecule has 0 fully saturated rings. The predicted octanol–water partition coefficient (Wildman–Crippen LogP) is 1.39. The Labute approximate surface area is 106 Å². The van der Waals surface area contributed by atoms with E-state index < -0.39 is 10.0 Å². The molecule has 96 valence electrons. The van der Waals surface area contributed by atoms with E-state index in [2.05, 4.69) is 4.98 Å². The quantitative estimate of drug-likeness (QED) is 0.738. The average molecular weight is 279 g/mol. The van der Waals surface area contributed by atoms with Crippen molar-refractivity contribution in [1.29, 1.82) is 0 Å². The second kappa shape index (κ2) is 6.30. The van der Waals surface area contributed by atoms with Crippen molar-refractivity contribution in [3.8, 4) is 0 Å². The Kier molecular flexibility index (Phi) is 5.32. The van der Waals surface area contributed by atoms with Crippen molar-refractivity contribution in [2.75, 3.05) is 26.8 Å². The number of nitrogens with zero attached hydrogens (tertiary/aromatic N) is 2. The summed E-state index contributed by atoms with van der Waals surface area (Å²) in [7, 11) is -1.98. The first-order valence-corrected chi connectivity index (χ1v) is 6.94. The van der Waals surface area contributed by atoms with E-state index in [1.807, 2.05) is 0 Å². The summed E-state index contributed by atoms with van der Waals surface area (Å²) >= 11 is 5.62. The minimum absolute atomic E-state index is 0.139. The smallest absolute Gasteiger partial charge is 0.244 e. The standard InChI is InChI=1S/C10H15ClN2O3S/c1-3-13(6-7-16-2)17(14,15)9-4-5-10(11)12-8-9/h4-5,8H,3,6-7H2,1-2H3. The van der Waals surface area contributed by atoms with Crippen LogP contribution in [-0.2, 0) is 14.8 Å².